The molecule has 0 saturated carbocycles. The van der Waals surface area contributed by atoms with Crippen molar-refractivity contribution in [1.82, 2.24) is 4.98 Å². The van der Waals surface area contributed by atoms with E-state index in [0.717, 1.165) is 28.9 Å². The van der Waals surface area contributed by atoms with Crippen LogP contribution in [0.2, 0.25) is 5.02 Å². The monoisotopic (exact) mass is 343 g/mol. The van der Waals surface area contributed by atoms with Crippen LogP contribution in [0.5, 0.6) is 0 Å². The Morgan fingerprint density at radius 2 is 2.22 bits per heavy atom. The van der Waals surface area contributed by atoms with Gasteiger partial charge in [-0.3, -0.25) is 0 Å². The molecule has 0 bridgehead atoms. The third-order valence-corrected chi connectivity index (χ3v) is 4.90. The van der Waals surface area contributed by atoms with Crippen molar-refractivity contribution in [1.29, 1.82) is 0 Å². The highest BCUT2D eigenvalue weighted by molar-refractivity contribution is 9.09. The number of alkyl halides is 1. The highest BCUT2D eigenvalue weighted by Gasteiger charge is 2.12. The fraction of sp³-hybridized carbons (Fsp3) is 0.357. The van der Waals surface area contributed by atoms with E-state index in [0.29, 0.717) is 5.92 Å². The molecule has 2 aromatic rings. The number of benzene rings is 1. The third-order valence-electron chi connectivity index (χ3n) is 2.76. The Hall–Kier alpha value is -0.380. The van der Waals surface area contributed by atoms with E-state index in [1.54, 1.807) is 11.3 Å². The molecule has 1 nitrogen and oxygen atoms in total. The molecule has 0 aliphatic carbocycles. The molecular weight excluding hydrogens is 330 g/mol. The lowest BCUT2D eigenvalue weighted by Gasteiger charge is -2.12. The van der Waals surface area contributed by atoms with Crippen LogP contribution in [0.3, 0.4) is 0 Å². The van der Waals surface area contributed by atoms with E-state index < -0.39 is 0 Å². The van der Waals surface area contributed by atoms with Gasteiger partial charge in [0, 0.05) is 27.8 Å². The summed E-state index contributed by atoms with van der Waals surface area (Å²) in [7, 11) is 0. The first-order valence-corrected chi connectivity index (χ1v) is 8.26. The highest BCUT2D eigenvalue weighted by atomic mass is 79.9. The van der Waals surface area contributed by atoms with Crippen LogP contribution >= 0.6 is 38.9 Å². The largest absolute Gasteiger partial charge is 0.247 e. The number of nitrogens with zero attached hydrogens (tertiary/aromatic N) is 1. The maximum absolute atomic E-state index is 6.01. The van der Waals surface area contributed by atoms with E-state index >= 15 is 0 Å². The summed E-state index contributed by atoms with van der Waals surface area (Å²) in [5, 5.41) is 5.13. The van der Waals surface area contributed by atoms with Gasteiger partial charge in [0.15, 0.2) is 0 Å². The zero-order valence-electron chi connectivity index (χ0n) is 10.2. The van der Waals surface area contributed by atoms with Crippen molar-refractivity contribution in [2.75, 3.05) is 5.33 Å². The van der Waals surface area contributed by atoms with Gasteiger partial charge in [0.05, 0.1) is 5.01 Å². The van der Waals surface area contributed by atoms with Crippen molar-refractivity contribution in [3.8, 4) is 0 Å². The number of aromatic nitrogens is 1. The summed E-state index contributed by atoms with van der Waals surface area (Å²) in [6.45, 7) is 2.04. The van der Waals surface area contributed by atoms with Crippen LogP contribution in [0.4, 0.5) is 0 Å². The van der Waals surface area contributed by atoms with Crippen molar-refractivity contribution in [2.45, 2.75) is 19.8 Å². The summed E-state index contributed by atoms with van der Waals surface area (Å²) in [6.07, 6.45) is 2.06. The van der Waals surface area contributed by atoms with Gasteiger partial charge in [-0.1, -0.05) is 39.7 Å². The molecule has 0 radical (unpaired) electrons. The Labute approximate surface area is 125 Å². The fourth-order valence-electron chi connectivity index (χ4n) is 1.92. The summed E-state index contributed by atoms with van der Waals surface area (Å²) in [5.41, 5.74) is 2.41. The van der Waals surface area contributed by atoms with Crippen LogP contribution in [0.25, 0.3) is 0 Å². The van der Waals surface area contributed by atoms with Crippen LogP contribution in [0.1, 0.15) is 16.3 Å². The lowest BCUT2D eigenvalue weighted by molar-refractivity contribution is 0.589. The molecule has 0 aliphatic rings. The lowest BCUT2D eigenvalue weighted by atomic mass is 9.98. The molecule has 1 atom stereocenters. The van der Waals surface area contributed by atoms with E-state index in [4.69, 9.17) is 11.6 Å². The first kappa shape index (κ1) is 14.0. The average molecular weight is 345 g/mol. The highest BCUT2D eigenvalue weighted by Crippen LogP contribution is 2.21. The predicted molar refractivity (Wildman–Crippen MR) is 83.0 cm³/mol. The third kappa shape index (κ3) is 4.08. The molecule has 0 saturated heterocycles. The van der Waals surface area contributed by atoms with Crippen LogP contribution in [-0.4, -0.2) is 10.3 Å². The molecule has 0 fully saturated rings. The molecule has 2 rings (SSSR count). The second-order valence-corrected chi connectivity index (χ2v) is 6.47. The van der Waals surface area contributed by atoms with E-state index in [1.807, 2.05) is 25.1 Å². The van der Waals surface area contributed by atoms with Gasteiger partial charge in [0.25, 0.3) is 0 Å². The van der Waals surface area contributed by atoms with E-state index in [2.05, 4.69) is 32.4 Å². The van der Waals surface area contributed by atoms with E-state index in [-0.39, 0.29) is 0 Å². The number of hydrogen-bond donors (Lipinski definition) is 0. The zero-order valence-corrected chi connectivity index (χ0v) is 13.4. The number of halogens is 2. The van der Waals surface area contributed by atoms with Crippen molar-refractivity contribution in [3.05, 3.63) is 50.9 Å². The Bertz CT molecular complexity index is 512. The van der Waals surface area contributed by atoms with Crippen molar-refractivity contribution >= 4 is 38.9 Å². The molecule has 4 heteroatoms. The normalized spacial score (nSPS) is 12.6. The molecule has 0 aliphatic heterocycles. The predicted octanol–water partition coefficient (Wildman–Crippen LogP) is 4.90. The molecule has 0 spiro atoms. The second-order valence-electron chi connectivity index (χ2n) is 4.44. The van der Waals surface area contributed by atoms with Crippen LogP contribution in [-0.2, 0) is 12.8 Å². The van der Waals surface area contributed by atoms with E-state index in [1.165, 1.54) is 10.6 Å². The van der Waals surface area contributed by atoms with Gasteiger partial charge in [-0.2, -0.15) is 0 Å². The maximum Gasteiger partial charge on any atom is 0.0931 e. The molecule has 0 N–H and O–H groups in total. The Morgan fingerprint density at radius 3 is 2.83 bits per heavy atom. The first-order chi connectivity index (χ1) is 8.67. The molecule has 1 aromatic carbocycles. The molecule has 0 amide bonds. The molecular formula is C14H15BrClNS. The van der Waals surface area contributed by atoms with Crippen molar-refractivity contribution < 1.29 is 0 Å². The van der Waals surface area contributed by atoms with Crippen LogP contribution < -0.4 is 0 Å². The number of thiazole rings is 1. The first-order valence-electron chi connectivity index (χ1n) is 5.89. The number of hydrogen-bond acceptors (Lipinski definition) is 2. The molecule has 1 aromatic heterocycles. The quantitative estimate of drug-likeness (QED) is 0.703. The smallest absolute Gasteiger partial charge is 0.0931 e. The van der Waals surface area contributed by atoms with Crippen LogP contribution in [0, 0.1) is 12.8 Å². The zero-order chi connectivity index (χ0) is 13.0. The Morgan fingerprint density at radius 1 is 1.39 bits per heavy atom. The number of aryl methyl sites for hydroxylation is 1. The maximum atomic E-state index is 6.01. The van der Waals surface area contributed by atoms with Gasteiger partial charge < -0.3 is 0 Å². The standard InChI is InChI=1S/C14H15BrClNS/c1-10-9-18-14(17-10)7-12(8-15)5-11-3-2-4-13(16)6-11/h2-4,6,9,12H,5,7-8H2,1H3. The van der Waals surface area contributed by atoms with Gasteiger partial charge in [-0.15, -0.1) is 11.3 Å². The minimum absolute atomic E-state index is 0.564. The molecule has 1 heterocycles. The summed E-state index contributed by atoms with van der Waals surface area (Å²) in [6, 6.07) is 8.10. The molecule has 96 valence electrons. The summed E-state index contributed by atoms with van der Waals surface area (Å²) in [4.78, 5) is 4.53. The minimum Gasteiger partial charge on any atom is -0.247 e. The molecule has 1 unspecified atom stereocenters. The Balaban J connectivity index is 2.01. The van der Waals surface area contributed by atoms with Crippen LogP contribution in [0.15, 0.2) is 29.6 Å². The van der Waals surface area contributed by atoms with Gasteiger partial charge in [0.1, 0.15) is 0 Å². The topological polar surface area (TPSA) is 12.9 Å². The van der Waals surface area contributed by atoms with E-state index in [9.17, 15) is 0 Å². The Kier molecular flexibility index (Phi) is 5.22. The van der Waals surface area contributed by atoms with Gasteiger partial charge >= 0.3 is 0 Å². The average Bonchev–Trinajstić information content (AvgIpc) is 2.74. The number of rotatable bonds is 5. The van der Waals surface area contributed by atoms with Gasteiger partial charge in [-0.25, -0.2) is 4.98 Å². The lowest BCUT2D eigenvalue weighted by Crippen LogP contribution is -2.09. The van der Waals surface area contributed by atoms with Crippen molar-refractivity contribution in [2.24, 2.45) is 5.92 Å². The van der Waals surface area contributed by atoms with Gasteiger partial charge in [0.2, 0.25) is 0 Å². The fourth-order valence-corrected chi connectivity index (χ4v) is 3.48. The SMILES string of the molecule is Cc1csc(CC(CBr)Cc2cccc(Cl)c2)n1. The summed E-state index contributed by atoms with van der Waals surface area (Å²) >= 11 is 11.4. The molecule has 18 heavy (non-hydrogen) atoms. The summed E-state index contributed by atoms with van der Waals surface area (Å²) < 4.78 is 0. The van der Waals surface area contributed by atoms with Crippen molar-refractivity contribution in [3.63, 3.8) is 0 Å². The second kappa shape index (κ2) is 6.69. The van der Waals surface area contributed by atoms with Gasteiger partial charge in [-0.05, 0) is 37.0 Å². The minimum atomic E-state index is 0.564. The summed E-state index contributed by atoms with van der Waals surface area (Å²) in [5.74, 6) is 0.564.